The molecular weight excluding hydrogens is 338 g/mol. The maximum absolute atomic E-state index is 12.9. The van der Waals surface area contributed by atoms with Gasteiger partial charge in [-0.3, -0.25) is 4.79 Å². The van der Waals surface area contributed by atoms with Gasteiger partial charge in [0.25, 0.3) is 5.56 Å². The summed E-state index contributed by atoms with van der Waals surface area (Å²) in [4.78, 5) is 26.9. The van der Waals surface area contributed by atoms with Crippen molar-refractivity contribution in [3.8, 4) is 0 Å². The highest BCUT2D eigenvalue weighted by Crippen LogP contribution is 2.35. The molecule has 5 heteroatoms. The molecule has 136 valence electrons. The first kappa shape index (κ1) is 16.1. The number of fused-ring (bicyclic) bond motifs is 5. The van der Waals surface area contributed by atoms with Crippen LogP contribution in [0.2, 0.25) is 0 Å². The van der Waals surface area contributed by atoms with E-state index in [1.807, 2.05) is 58.0 Å². The van der Waals surface area contributed by atoms with Gasteiger partial charge in [-0.05, 0) is 41.3 Å². The number of nitrogens with zero attached hydrogens (tertiary/aromatic N) is 2. The largest absolute Gasteiger partial charge is 0.324 e. The van der Waals surface area contributed by atoms with Gasteiger partial charge in [-0.1, -0.05) is 36.4 Å². The number of carbonyl (C=O) groups is 1. The Morgan fingerprint density at radius 1 is 0.926 bits per heavy atom. The predicted octanol–water partition coefficient (Wildman–Crippen LogP) is 3.65. The van der Waals surface area contributed by atoms with Gasteiger partial charge in [0.05, 0.1) is 0 Å². The highest BCUT2D eigenvalue weighted by molar-refractivity contribution is 5.93. The first-order valence-electron chi connectivity index (χ1n) is 9.42. The van der Waals surface area contributed by atoms with Crippen LogP contribution in [-0.4, -0.2) is 28.6 Å². The fourth-order valence-corrected chi connectivity index (χ4v) is 4.53. The molecule has 1 fully saturated rings. The molecule has 3 heterocycles. The molecule has 0 spiro atoms. The van der Waals surface area contributed by atoms with Gasteiger partial charge in [-0.25, -0.2) is 4.79 Å². The van der Waals surface area contributed by atoms with Gasteiger partial charge in [0.15, 0.2) is 0 Å². The third-order valence-electron chi connectivity index (χ3n) is 5.77. The van der Waals surface area contributed by atoms with E-state index in [2.05, 4.69) is 11.4 Å². The molecule has 2 amide bonds. The second-order valence-corrected chi connectivity index (χ2v) is 7.60. The van der Waals surface area contributed by atoms with Crippen molar-refractivity contribution in [3.63, 3.8) is 0 Å². The van der Waals surface area contributed by atoms with Crippen LogP contribution in [0.1, 0.15) is 18.0 Å². The van der Waals surface area contributed by atoms with Crippen molar-refractivity contribution in [2.24, 2.45) is 5.92 Å². The molecule has 0 aliphatic carbocycles. The molecule has 0 saturated carbocycles. The van der Waals surface area contributed by atoms with Crippen molar-refractivity contribution in [2.75, 3.05) is 18.4 Å². The topological polar surface area (TPSA) is 54.3 Å². The smallest absolute Gasteiger partial charge is 0.321 e. The molecule has 5 nitrogen and oxygen atoms in total. The first-order valence-corrected chi connectivity index (χ1v) is 9.42. The lowest BCUT2D eigenvalue weighted by molar-refractivity contribution is 0.139. The number of aromatic nitrogens is 1. The Bertz CT molecular complexity index is 1090. The molecule has 3 aromatic rings. The highest BCUT2D eigenvalue weighted by Gasteiger charge is 2.36. The van der Waals surface area contributed by atoms with Crippen LogP contribution in [-0.2, 0) is 6.54 Å². The minimum Gasteiger partial charge on any atom is -0.324 e. The standard InChI is InChI=1S/C22H21N3O2/c26-21-7-3-6-20-18-10-15(13-25(20)21)12-24(14-18)22(27)23-19-9-8-16-4-1-2-5-17(16)11-19/h1-9,11,15,18H,10,12-14H2,(H,23,27)/t15-,18-/m1/s1. The van der Waals surface area contributed by atoms with Crippen LogP contribution >= 0.6 is 0 Å². The van der Waals surface area contributed by atoms with Crippen LogP contribution in [0.4, 0.5) is 10.5 Å². The van der Waals surface area contributed by atoms with Crippen LogP contribution in [0.25, 0.3) is 10.8 Å². The number of nitrogens with one attached hydrogen (secondary N) is 1. The number of pyridine rings is 1. The number of benzene rings is 2. The van der Waals surface area contributed by atoms with Gasteiger partial charge in [0, 0.05) is 43.0 Å². The van der Waals surface area contributed by atoms with Crippen LogP contribution in [0, 0.1) is 5.92 Å². The van der Waals surface area contributed by atoms with E-state index in [1.54, 1.807) is 6.07 Å². The average Bonchev–Trinajstić information content (AvgIpc) is 2.68. The van der Waals surface area contributed by atoms with E-state index in [0.717, 1.165) is 28.6 Å². The number of amides is 2. The molecule has 1 aromatic heterocycles. The lowest BCUT2D eigenvalue weighted by atomic mass is 9.83. The molecule has 5 rings (SSSR count). The third kappa shape index (κ3) is 2.89. The summed E-state index contributed by atoms with van der Waals surface area (Å²) in [6.07, 6.45) is 1.04. The quantitative estimate of drug-likeness (QED) is 0.721. The van der Waals surface area contributed by atoms with E-state index in [-0.39, 0.29) is 17.5 Å². The summed E-state index contributed by atoms with van der Waals surface area (Å²) in [5.41, 5.74) is 1.93. The van der Waals surface area contributed by atoms with E-state index < -0.39 is 0 Å². The predicted molar refractivity (Wildman–Crippen MR) is 106 cm³/mol. The summed E-state index contributed by atoms with van der Waals surface area (Å²) in [5, 5.41) is 5.31. The maximum Gasteiger partial charge on any atom is 0.321 e. The normalized spacial score (nSPS) is 21.0. The number of likely N-dealkylation sites (tertiary alicyclic amines) is 1. The molecule has 2 aliphatic heterocycles. The Labute approximate surface area is 157 Å². The molecule has 2 aliphatic rings. The Hall–Kier alpha value is -3.08. The molecular formula is C22H21N3O2. The van der Waals surface area contributed by atoms with Gasteiger partial charge < -0.3 is 14.8 Å². The van der Waals surface area contributed by atoms with E-state index >= 15 is 0 Å². The number of rotatable bonds is 1. The van der Waals surface area contributed by atoms with E-state index in [4.69, 9.17) is 0 Å². The van der Waals surface area contributed by atoms with E-state index in [9.17, 15) is 9.59 Å². The Morgan fingerprint density at radius 3 is 2.67 bits per heavy atom. The number of hydrogen-bond donors (Lipinski definition) is 1. The number of carbonyl (C=O) groups excluding carboxylic acids is 1. The van der Waals surface area contributed by atoms with Crippen LogP contribution in [0.3, 0.4) is 0 Å². The van der Waals surface area contributed by atoms with Crippen molar-refractivity contribution in [2.45, 2.75) is 18.9 Å². The third-order valence-corrected chi connectivity index (χ3v) is 5.77. The van der Waals surface area contributed by atoms with Gasteiger partial charge in [0.1, 0.15) is 0 Å². The fourth-order valence-electron chi connectivity index (χ4n) is 4.53. The number of anilines is 1. The average molecular weight is 359 g/mol. The zero-order valence-electron chi connectivity index (χ0n) is 15.0. The minimum absolute atomic E-state index is 0.0632. The molecule has 2 aromatic carbocycles. The fraction of sp³-hybridized carbons (Fsp3) is 0.273. The summed E-state index contributed by atoms with van der Waals surface area (Å²) in [5.74, 6) is 0.562. The molecule has 0 unspecified atom stereocenters. The van der Waals surface area contributed by atoms with Crippen molar-refractivity contribution >= 4 is 22.5 Å². The van der Waals surface area contributed by atoms with E-state index in [0.29, 0.717) is 25.6 Å². The lowest BCUT2D eigenvalue weighted by Gasteiger charge is -2.42. The minimum atomic E-state index is -0.0632. The lowest BCUT2D eigenvalue weighted by Crippen LogP contribution is -2.50. The molecule has 27 heavy (non-hydrogen) atoms. The molecule has 1 N–H and O–H groups in total. The second kappa shape index (κ2) is 6.27. The van der Waals surface area contributed by atoms with Crippen molar-refractivity contribution in [3.05, 3.63) is 76.7 Å². The molecule has 2 bridgehead atoms. The summed E-state index contributed by atoms with van der Waals surface area (Å²) in [7, 11) is 0. The SMILES string of the molecule is O=C(Nc1ccc2ccccc2c1)N1C[C@H]2C[C@H](C1)c1cccc(=O)n1C2. The molecule has 0 radical (unpaired) electrons. The Balaban J connectivity index is 1.36. The van der Waals surface area contributed by atoms with Gasteiger partial charge >= 0.3 is 6.03 Å². The summed E-state index contributed by atoms with van der Waals surface area (Å²) >= 11 is 0. The van der Waals surface area contributed by atoms with Crippen LogP contribution < -0.4 is 10.9 Å². The zero-order valence-corrected chi connectivity index (χ0v) is 15.0. The monoisotopic (exact) mass is 359 g/mol. The van der Waals surface area contributed by atoms with Crippen molar-refractivity contribution in [1.29, 1.82) is 0 Å². The van der Waals surface area contributed by atoms with Crippen LogP contribution in [0.5, 0.6) is 0 Å². The molecule has 2 atom stereocenters. The maximum atomic E-state index is 12.9. The van der Waals surface area contributed by atoms with Gasteiger partial charge in [-0.2, -0.15) is 0 Å². The molecule has 1 saturated heterocycles. The zero-order chi connectivity index (χ0) is 18.4. The summed E-state index contributed by atoms with van der Waals surface area (Å²) in [6.45, 7) is 2.04. The summed E-state index contributed by atoms with van der Waals surface area (Å²) < 4.78 is 1.89. The Morgan fingerprint density at radius 2 is 1.78 bits per heavy atom. The second-order valence-electron chi connectivity index (χ2n) is 7.60. The summed E-state index contributed by atoms with van der Waals surface area (Å²) in [6, 6.07) is 19.5. The van der Waals surface area contributed by atoms with Crippen molar-refractivity contribution < 1.29 is 4.79 Å². The Kier molecular flexibility index (Phi) is 3.74. The van der Waals surface area contributed by atoms with Gasteiger partial charge in [-0.15, -0.1) is 0 Å². The van der Waals surface area contributed by atoms with Gasteiger partial charge in [0.2, 0.25) is 0 Å². The van der Waals surface area contributed by atoms with E-state index in [1.165, 1.54) is 0 Å². The van der Waals surface area contributed by atoms with Crippen LogP contribution in [0.15, 0.2) is 65.5 Å². The van der Waals surface area contributed by atoms with Crippen molar-refractivity contribution in [1.82, 2.24) is 9.47 Å². The number of urea groups is 1. The number of piperidine rings is 1. The highest BCUT2D eigenvalue weighted by atomic mass is 16.2. The number of hydrogen-bond acceptors (Lipinski definition) is 2. The first-order chi connectivity index (χ1) is 13.2.